The van der Waals surface area contributed by atoms with Gasteiger partial charge in [-0.15, -0.1) is 0 Å². The second-order valence-corrected chi connectivity index (χ2v) is 3.85. The van der Waals surface area contributed by atoms with Gasteiger partial charge in [0, 0.05) is 24.4 Å². The highest BCUT2D eigenvalue weighted by molar-refractivity contribution is 5.61. The van der Waals surface area contributed by atoms with E-state index >= 15 is 0 Å². The van der Waals surface area contributed by atoms with Crippen LogP contribution in [0, 0.1) is 6.92 Å². The van der Waals surface area contributed by atoms with Crippen molar-refractivity contribution >= 4 is 5.82 Å². The summed E-state index contributed by atoms with van der Waals surface area (Å²) >= 11 is 0. The minimum absolute atomic E-state index is 0.486. The topological polar surface area (TPSA) is 61.0 Å². The molecule has 0 bridgehead atoms. The van der Waals surface area contributed by atoms with Gasteiger partial charge in [-0.1, -0.05) is 24.3 Å². The van der Waals surface area contributed by atoms with E-state index in [1.165, 1.54) is 0 Å². The number of nitrogens with two attached hydrogens (primary N) is 1. The number of benzene rings is 1. The highest BCUT2D eigenvalue weighted by atomic mass is 16.5. The Labute approximate surface area is 100 Å². The van der Waals surface area contributed by atoms with E-state index < -0.39 is 0 Å². The van der Waals surface area contributed by atoms with Crippen molar-refractivity contribution in [2.45, 2.75) is 13.5 Å². The molecule has 0 amide bonds. The molecule has 2 aromatic rings. The summed E-state index contributed by atoms with van der Waals surface area (Å²) in [5.74, 6) is 1.13. The van der Waals surface area contributed by atoms with Gasteiger partial charge in [-0.3, -0.25) is 0 Å². The third kappa shape index (κ3) is 2.60. The van der Waals surface area contributed by atoms with Crippen molar-refractivity contribution in [1.29, 1.82) is 0 Å². The molecule has 4 nitrogen and oxygen atoms in total. The van der Waals surface area contributed by atoms with Crippen LogP contribution in [-0.2, 0) is 11.3 Å². The first-order valence-electron chi connectivity index (χ1n) is 5.39. The Morgan fingerprint density at radius 1 is 1.24 bits per heavy atom. The molecule has 0 spiro atoms. The first-order valence-corrected chi connectivity index (χ1v) is 5.39. The molecule has 17 heavy (non-hydrogen) atoms. The molecule has 4 heteroatoms. The molecule has 1 heterocycles. The van der Waals surface area contributed by atoms with E-state index in [1.807, 2.05) is 31.2 Å². The average Bonchev–Trinajstić information content (AvgIpc) is 2.29. The molecule has 1 aromatic carbocycles. The molecule has 0 aliphatic rings. The summed E-state index contributed by atoms with van der Waals surface area (Å²) in [6.45, 7) is 2.44. The lowest BCUT2D eigenvalue weighted by atomic mass is 10.1. The van der Waals surface area contributed by atoms with Gasteiger partial charge in [0.25, 0.3) is 0 Å². The first-order chi connectivity index (χ1) is 8.20. The summed E-state index contributed by atoms with van der Waals surface area (Å²) in [5.41, 5.74) is 8.62. The molecule has 1 aromatic heterocycles. The van der Waals surface area contributed by atoms with Gasteiger partial charge < -0.3 is 10.5 Å². The fraction of sp³-hybridized carbons (Fsp3) is 0.231. The van der Waals surface area contributed by atoms with E-state index in [0.717, 1.165) is 16.8 Å². The summed E-state index contributed by atoms with van der Waals surface area (Å²) in [5, 5.41) is 0. The van der Waals surface area contributed by atoms with Crippen LogP contribution in [0.5, 0.6) is 0 Å². The Morgan fingerprint density at radius 2 is 2.00 bits per heavy atom. The second kappa shape index (κ2) is 4.93. The quantitative estimate of drug-likeness (QED) is 0.876. The molecule has 0 atom stereocenters. The molecule has 0 radical (unpaired) electrons. The molecule has 0 aliphatic carbocycles. The lowest BCUT2D eigenvalue weighted by Gasteiger charge is -2.08. The Morgan fingerprint density at radius 3 is 2.71 bits per heavy atom. The van der Waals surface area contributed by atoms with Crippen molar-refractivity contribution in [3.05, 3.63) is 41.6 Å². The molecule has 88 valence electrons. The van der Waals surface area contributed by atoms with Crippen LogP contribution in [0.4, 0.5) is 5.82 Å². The maximum Gasteiger partial charge on any atom is 0.162 e. The third-order valence-electron chi connectivity index (χ3n) is 2.43. The molecule has 0 unspecified atom stereocenters. The second-order valence-electron chi connectivity index (χ2n) is 3.85. The molecule has 2 rings (SSSR count). The molecule has 0 fully saturated rings. The van der Waals surface area contributed by atoms with Crippen LogP contribution in [-0.4, -0.2) is 17.1 Å². The summed E-state index contributed by atoms with van der Waals surface area (Å²) < 4.78 is 5.16. The standard InChI is InChI=1S/C13H15N3O/c1-9-7-12(14)16-13(15-9)11-6-4-3-5-10(11)8-17-2/h3-7H,8H2,1-2H3,(H2,14,15,16). The van der Waals surface area contributed by atoms with Crippen molar-refractivity contribution in [3.8, 4) is 11.4 Å². The molecular formula is C13H15N3O. The Bertz CT molecular complexity index is 506. The maximum absolute atomic E-state index is 5.74. The largest absolute Gasteiger partial charge is 0.384 e. The van der Waals surface area contributed by atoms with Gasteiger partial charge in [-0.25, -0.2) is 9.97 Å². The molecule has 0 saturated carbocycles. The number of methoxy groups -OCH3 is 1. The van der Waals surface area contributed by atoms with Crippen molar-refractivity contribution in [2.24, 2.45) is 0 Å². The summed E-state index contributed by atoms with van der Waals surface area (Å²) in [7, 11) is 1.67. The monoisotopic (exact) mass is 229 g/mol. The smallest absolute Gasteiger partial charge is 0.162 e. The predicted molar refractivity (Wildman–Crippen MR) is 67.3 cm³/mol. The number of rotatable bonds is 3. The van der Waals surface area contributed by atoms with Crippen molar-refractivity contribution in [1.82, 2.24) is 9.97 Å². The van der Waals surface area contributed by atoms with E-state index in [2.05, 4.69) is 9.97 Å². The van der Waals surface area contributed by atoms with Crippen molar-refractivity contribution in [2.75, 3.05) is 12.8 Å². The van der Waals surface area contributed by atoms with Gasteiger partial charge in [0.1, 0.15) is 5.82 Å². The van der Waals surface area contributed by atoms with E-state index in [-0.39, 0.29) is 0 Å². The van der Waals surface area contributed by atoms with Crippen molar-refractivity contribution in [3.63, 3.8) is 0 Å². The van der Waals surface area contributed by atoms with E-state index in [0.29, 0.717) is 18.2 Å². The fourth-order valence-electron chi connectivity index (χ4n) is 1.73. The number of nitrogen functional groups attached to an aromatic ring is 1. The van der Waals surface area contributed by atoms with Gasteiger partial charge >= 0.3 is 0 Å². The van der Waals surface area contributed by atoms with Crippen LogP contribution in [0.3, 0.4) is 0 Å². The molecule has 0 aliphatic heterocycles. The zero-order valence-corrected chi connectivity index (χ0v) is 9.97. The lowest BCUT2D eigenvalue weighted by molar-refractivity contribution is 0.185. The highest BCUT2D eigenvalue weighted by Gasteiger charge is 2.08. The van der Waals surface area contributed by atoms with Crippen LogP contribution in [0.15, 0.2) is 30.3 Å². The highest BCUT2D eigenvalue weighted by Crippen LogP contribution is 2.21. The first kappa shape index (κ1) is 11.5. The summed E-state index contributed by atoms with van der Waals surface area (Å²) in [6.07, 6.45) is 0. The Kier molecular flexibility index (Phi) is 3.35. The number of nitrogens with zero attached hydrogens (tertiary/aromatic N) is 2. The Balaban J connectivity index is 2.51. The zero-order valence-electron chi connectivity index (χ0n) is 9.97. The normalized spacial score (nSPS) is 10.5. The maximum atomic E-state index is 5.74. The fourth-order valence-corrected chi connectivity index (χ4v) is 1.73. The summed E-state index contributed by atoms with van der Waals surface area (Å²) in [6, 6.07) is 9.65. The number of anilines is 1. The predicted octanol–water partition coefficient (Wildman–Crippen LogP) is 2.18. The Hall–Kier alpha value is -1.94. The average molecular weight is 229 g/mol. The van der Waals surface area contributed by atoms with Crippen LogP contribution >= 0.6 is 0 Å². The lowest BCUT2D eigenvalue weighted by Crippen LogP contribution is -2.00. The number of hydrogen-bond donors (Lipinski definition) is 1. The zero-order chi connectivity index (χ0) is 12.3. The third-order valence-corrected chi connectivity index (χ3v) is 2.43. The molecule has 2 N–H and O–H groups in total. The van der Waals surface area contributed by atoms with Gasteiger partial charge in [0.05, 0.1) is 6.61 Å². The molecule has 0 saturated heterocycles. The molecular weight excluding hydrogens is 214 g/mol. The van der Waals surface area contributed by atoms with Gasteiger partial charge in [-0.2, -0.15) is 0 Å². The summed E-state index contributed by atoms with van der Waals surface area (Å²) in [4.78, 5) is 8.66. The van der Waals surface area contributed by atoms with Crippen LogP contribution in [0.2, 0.25) is 0 Å². The van der Waals surface area contributed by atoms with E-state index in [4.69, 9.17) is 10.5 Å². The minimum atomic E-state index is 0.486. The SMILES string of the molecule is COCc1ccccc1-c1nc(C)cc(N)n1. The minimum Gasteiger partial charge on any atom is -0.384 e. The number of aromatic nitrogens is 2. The van der Waals surface area contributed by atoms with Crippen LogP contribution < -0.4 is 5.73 Å². The van der Waals surface area contributed by atoms with Crippen LogP contribution in [0.25, 0.3) is 11.4 Å². The number of ether oxygens (including phenoxy) is 1. The van der Waals surface area contributed by atoms with Gasteiger partial charge in [0.15, 0.2) is 5.82 Å². The van der Waals surface area contributed by atoms with E-state index in [1.54, 1.807) is 13.2 Å². The number of aryl methyl sites for hydroxylation is 1. The number of hydrogen-bond acceptors (Lipinski definition) is 4. The van der Waals surface area contributed by atoms with E-state index in [9.17, 15) is 0 Å². The van der Waals surface area contributed by atoms with Gasteiger partial charge in [-0.05, 0) is 12.5 Å². The van der Waals surface area contributed by atoms with Crippen LogP contribution in [0.1, 0.15) is 11.3 Å². The van der Waals surface area contributed by atoms with Crippen molar-refractivity contribution < 1.29 is 4.74 Å². The van der Waals surface area contributed by atoms with Gasteiger partial charge in [0.2, 0.25) is 0 Å².